The molecule has 0 unspecified atom stereocenters. The van der Waals surface area contributed by atoms with Crippen molar-refractivity contribution in [3.63, 3.8) is 0 Å². The average Bonchev–Trinajstić information content (AvgIpc) is 2.01. The summed E-state index contributed by atoms with van der Waals surface area (Å²) in [5.41, 5.74) is 9.23. The van der Waals surface area contributed by atoms with Crippen LogP contribution in [0.4, 0.5) is 4.39 Å². The van der Waals surface area contributed by atoms with Crippen molar-refractivity contribution in [2.45, 2.75) is 0 Å². The van der Waals surface area contributed by atoms with Gasteiger partial charge in [0.1, 0.15) is 5.82 Å². The minimum absolute atomic E-state index is 0.358. The van der Waals surface area contributed by atoms with E-state index in [-0.39, 0.29) is 5.56 Å². The third kappa shape index (κ3) is 2.92. The van der Waals surface area contributed by atoms with Crippen LogP contribution in [0, 0.1) is 5.82 Å². The highest BCUT2D eigenvalue weighted by atomic mass is 31.2. The van der Waals surface area contributed by atoms with Gasteiger partial charge in [-0.05, 0) is 12.1 Å². The van der Waals surface area contributed by atoms with Crippen LogP contribution < -0.4 is 11.0 Å². The van der Waals surface area contributed by atoms with Gasteiger partial charge in [-0.25, -0.2) is 24.8 Å². The van der Waals surface area contributed by atoms with Crippen molar-refractivity contribution in [2.75, 3.05) is 0 Å². The van der Waals surface area contributed by atoms with E-state index in [4.69, 9.17) is 11.0 Å². The molecule has 5 nitrogen and oxygen atoms in total. The summed E-state index contributed by atoms with van der Waals surface area (Å²) >= 11 is 0. The van der Waals surface area contributed by atoms with Crippen LogP contribution in [0.2, 0.25) is 0 Å². The Morgan fingerprint density at radius 1 is 1.36 bits per heavy atom. The molecule has 0 aromatic heterocycles. The average molecular weight is 218 g/mol. The molecule has 1 rings (SSSR count). The molecule has 0 saturated carbocycles. The zero-order valence-electron chi connectivity index (χ0n) is 7.01. The van der Waals surface area contributed by atoms with Gasteiger partial charge in [0.05, 0.1) is 5.56 Å². The van der Waals surface area contributed by atoms with Crippen LogP contribution in [0.3, 0.4) is 0 Å². The van der Waals surface area contributed by atoms with Gasteiger partial charge in [0.15, 0.2) is 0 Å². The number of hydrogen-bond donors (Lipinski definition) is 2. The first-order chi connectivity index (χ1) is 6.40. The highest BCUT2D eigenvalue weighted by Crippen LogP contribution is 2.28. The number of rotatable bonds is 2. The molecule has 0 fully saturated rings. The second-order valence-corrected chi connectivity index (χ2v) is 3.98. The van der Waals surface area contributed by atoms with E-state index in [9.17, 15) is 13.8 Å². The summed E-state index contributed by atoms with van der Waals surface area (Å²) in [5, 5.41) is 0. The fraction of sp³-hybridized carbons (Fsp3) is 0. The maximum atomic E-state index is 12.9. The first-order valence-electron chi connectivity index (χ1n) is 3.56. The second-order valence-electron chi connectivity index (χ2n) is 2.50. The largest absolute Gasteiger partial charge is 0.387 e. The number of carbonyl (C=O) groups is 1. The minimum atomic E-state index is -3.92. The van der Waals surface area contributed by atoms with Crippen molar-refractivity contribution >= 4 is 13.6 Å². The standard InChI is InChI=1S/C7H8FN2O3P/c8-6-4-2-1-3-5(6)7(11)13-14(9,10)12/h1-4H,(H4,9,10,12). The first kappa shape index (κ1) is 10.8. The molecule has 1 aromatic rings. The van der Waals surface area contributed by atoms with E-state index in [1.165, 1.54) is 18.2 Å². The first-order valence-corrected chi connectivity index (χ1v) is 5.32. The lowest BCUT2D eigenvalue weighted by atomic mass is 10.2. The summed E-state index contributed by atoms with van der Waals surface area (Å²) in [6, 6.07) is 5.07. The molecule has 4 N–H and O–H groups in total. The fourth-order valence-electron chi connectivity index (χ4n) is 0.806. The normalized spacial score (nSPS) is 11.1. The van der Waals surface area contributed by atoms with Gasteiger partial charge in [0, 0.05) is 0 Å². The van der Waals surface area contributed by atoms with Crippen LogP contribution in [0.5, 0.6) is 0 Å². The summed E-state index contributed by atoms with van der Waals surface area (Å²) in [5.74, 6) is -1.93. The Hall–Kier alpha value is -1.23. The van der Waals surface area contributed by atoms with Crippen LogP contribution >= 0.6 is 7.67 Å². The van der Waals surface area contributed by atoms with Crippen LogP contribution in [0.1, 0.15) is 10.4 Å². The third-order valence-corrected chi connectivity index (χ3v) is 1.77. The Labute approximate surface area is 79.4 Å². The van der Waals surface area contributed by atoms with Gasteiger partial charge in [-0.2, -0.15) is 0 Å². The maximum absolute atomic E-state index is 12.9. The van der Waals surface area contributed by atoms with Crippen molar-refractivity contribution in [2.24, 2.45) is 11.0 Å². The van der Waals surface area contributed by atoms with Gasteiger partial charge in [-0.15, -0.1) is 0 Å². The van der Waals surface area contributed by atoms with Crippen LogP contribution in [-0.2, 0) is 9.09 Å². The molecule has 0 aliphatic heterocycles. The Balaban J connectivity index is 2.91. The Bertz CT molecular complexity index is 404. The number of benzene rings is 1. The quantitative estimate of drug-likeness (QED) is 0.722. The van der Waals surface area contributed by atoms with Crippen molar-refractivity contribution in [3.05, 3.63) is 35.6 Å². The van der Waals surface area contributed by atoms with Crippen LogP contribution in [0.15, 0.2) is 24.3 Å². The molecule has 0 spiro atoms. The van der Waals surface area contributed by atoms with Crippen LogP contribution in [0.25, 0.3) is 0 Å². The topological polar surface area (TPSA) is 95.4 Å². The highest BCUT2D eigenvalue weighted by Gasteiger charge is 2.19. The summed E-state index contributed by atoms with van der Waals surface area (Å²) in [4.78, 5) is 11.1. The zero-order chi connectivity index (χ0) is 10.8. The molecule has 14 heavy (non-hydrogen) atoms. The predicted octanol–water partition coefficient (Wildman–Crippen LogP) is 1.01. The number of nitrogens with two attached hydrogens (primary N) is 2. The molecule has 0 aliphatic carbocycles. The van der Waals surface area contributed by atoms with E-state index in [1.807, 2.05) is 0 Å². The van der Waals surface area contributed by atoms with Crippen molar-refractivity contribution in [1.82, 2.24) is 0 Å². The Kier molecular flexibility index (Phi) is 3.00. The van der Waals surface area contributed by atoms with E-state index < -0.39 is 19.5 Å². The van der Waals surface area contributed by atoms with Gasteiger partial charge in [0.25, 0.3) is 0 Å². The van der Waals surface area contributed by atoms with Gasteiger partial charge >= 0.3 is 13.6 Å². The van der Waals surface area contributed by atoms with Crippen molar-refractivity contribution in [1.29, 1.82) is 0 Å². The SMILES string of the molecule is NP(N)(=O)OC(=O)c1ccccc1F. The zero-order valence-corrected chi connectivity index (χ0v) is 7.91. The predicted molar refractivity (Wildman–Crippen MR) is 47.8 cm³/mol. The Morgan fingerprint density at radius 2 is 1.93 bits per heavy atom. The Morgan fingerprint density at radius 3 is 2.43 bits per heavy atom. The molecule has 0 amide bonds. The lowest BCUT2D eigenvalue weighted by Crippen LogP contribution is -2.14. The summed E-state index contributed by atoms with van der Waals surface area (Å²) in [6.45, 7) is 0. The molecule has 1 aromatic carbocycles. The molecule has 0 bridgehead atoms. The molecule has 0 aliphatic rings. The number of carbonyl (C=O) groups excluding carboxylic acids is 1. The van der Waals surface area contributed by atoms with Gasteiger partial charge in [-0.1, -0.05) is 12.1 Å². The molecule has 0 heterocycles. The molecular weight excluding hydrogens is 210 g/mol. The van der Waals surface area contributed by atoms with Gasteiger partial charge < -0.3 is 4.52 Å². The summed E-state index contributed by atoms with van der Waals surface area (Å²) in [6.07, 6.45) is 0. The molecule has 7 heteroatoms. The minimum Gasteiger partial charge on any atom is -0.386 e. The molecule has 0 saturated heterocycles. The second kappa shape index (κ2) is 3.88. The monoisotopic (exact) mass is 218 g/mol. The lowest BCUT2D eigenvalue weighted by Gasteiger charge is -2.07. The van der Waals surface area contributed by atoms with Gasteiger partial charge in [-0.3, -0.25) is 0 Å². The van der Waals surface area contributed by atoms with Crippen molar-refractivity contribution in [3.8, 4) is 0 Å². The smallest absolute Gasteiger partial charge is 0.386 e. The number of hydrogen-bond acceptors (Lipinski definition) is 3. The van der Waals surface area contributed by atoms with Gasteiger partial charge in [0.2, 0.25) is 0 Å². The van der Waals surface area contributed by atoms with E-state index >= 15 is 0 Å². The molecule has 0 atom stereocenters. The number of halogens is 1. The van der Waals surface area contributed by atoms with E-state index in [2.05, 4.69) is 4.52 Å². The fourth-order valence-corrected chi connectivity index (χ4v) is 1.16. The molecule has 0 radical (unpaired) electrons. The van der Waals surface area contributed by atoms with E-state index in [0.29, 0.717) is 0 Å². The van der Waals surface area contributed by atoms with E-state index in [0.717, 1.165) is 6.07 Å². The van der Waals surface area contributed by atoms with Crippen molar-refractivity contribution < 1.29 is 18.3 Å². The summed E-state index contributed by atoms with van der Waals surface area (Å²) in [7, 11) is -3.92. The highest BCUT2D eigenvalue weighted by molar-refractivity contribution is 7.54. The maximum Gasteiger partial charge on any atom is 0.387 e. The van der Waals surface area contributed by atoms with Crippen LogP contribution in [-0.4, -0.2) is 5.97 Å². The third-order valence-electron chi connectivity index (χ3n) is 1.32. The summed E-state index contributed by atoms with van der Waals surface area (Å²) < 4.78 is 27.8. The molecule has 76 valence electrons. The van der Waals surface area contributed by atoms with E-state index in [1.54, 1.807) is 0 Å². The lowest BCUT2D eigenvalue weighted by molar-refractivity contribution is 0.0736. The molecular formula is C7H8FN2O3P.